The number of nitrogens with one attached hydrogen (secondary N) is 1. The van der Waals surface area contributed by atoms with E-state index in [4.69, 9.17) is 9.47 Å². The summed E-state index contributed by atoms with van der Waals surface area (Å²) in [6.45, 7) is 1.83. The Kier molecular flexibility index (Phi) is 3.97. The Morgan fingerprint density at radius 1 is 1.14 bits per heavy atom. The number of hydrogen-bond acceptors (Lipinski definition) is 3. The second-order valence-electron chi connectivity index (χ2n) is 5.46. The third-order valence-electron chi connectivity index (χ3n) is 3.92. The van der Waals surface area contributed by atoms with Gasteiger partial charge in [0.25, 0.3) is 0 Å². The summed E-state index contributed by atoms with van der Waals surface area (Å²) in [6, 6.07) is 3.86. The van der Waals surface area contributed by atoms with Gasteiger partial charge in [-0.2, -0.15) is 13.2 Å². The van der Waals surface area contributed by atoms with Gasteiger partial charge in [-0.15, -0.1) is 0 Å². The van der Waals surface area contributed by atoms with E-state index in [9.17, 15) is 13.2 Å². The second kappa shape index (κ2) is 5.75. The number of hydrogen-bond donors (Lipinski definition) is 1. The smallest absolute Gasteiger partial charge is 0.389 e. The summed E-state index contributed by atoms with van der Waals surface area (Å²) in [5.74, 6) is 1.44. The molecule has 1 unspecified atom stereocenters. The van der Waals surface area contributed by atoms with Crippen LogP contribution in [0.3, 0.4) is 0 Å². The van der Waals surface area contributed by atoms with Gasteiger partial charge in [0.2, 0.25) is 0 Å². The van der Waals surface area contributed by atoms with Crippen molar-refractivity contribution >= 4 is 0 Å². The first-order valence-corrected chi connectivity index (χ1v) is 7.25. The molecule has 3 nitrogen and oxygen atoms in total. The van der Waals surface area contributed by atoms with E-state index < -0.39 is 12.6 Å². The molecule has 1 N–H and O–H groups in total. The van der Waals surface area contributed by atoms with E-state index in [2.05, 4.69) is 5.32 Å². The number of ether oxygens (including phenoxy) is 2. The molecule has 21 heavy (non-hydrogen) atoms. The summed E-state index contributed by atoms with van der Waals surface area (Å²) >= 11 is 0. The number of halogens is 3. The maximum Gasteiger partial charge on any atom is 0.389 e. The lowest BCUT2D eigenvalue weighted by molar-refractivity contribution is -0.135. The van der Waals surface area contributed by atoms with Crippen LogP contribution in [0.15, 0.2) is 12.1 Å². The highest BCUT2D eigenvalue weighted by Gasteiger charge is 2.28. The molecule has 116 valence electrons. The maximum absolute atomic E-state index is 12.3. The fraction of sp³-hybridized carbons (Fsp3) is 0.600. The van der Waals surface area contributed by atoms with E-state index in [1.54, 1.807) is 0 Å². The summed E-state index contributed by atoms with van der Waals surface area (Å²) < 4.78 is 47.9. The Morgan fingerprint density at radius 2 is 1.86 bits per heavy atom. The second-order valence-corrected chi connectivity index (χ2v) is 5.46. The summed E-state index contributed by atoms with van der Waals surface area (Å²) in [6.07, 6.45) is -3.34. The molecule has 2 aliphatic heterocycles. The van der Waals surface area contributed by atoms with Crippen molar-refractivity contribution in [3.8, 4) is 11.5 Å². The molecule has 1 aromatic carbocycles. The van der Waals surface area contributed by atoms with Crippen LogP contribution in [-0.2, 0) is 6.42 Å². The first-order chi connectivity index (χ1) is 10.0. The Bertz CT molecular complexity index is 516. The Hall–Kier alpha value is -1.43. The molecule has 6 heteroatoms. The van der Waals surface area contributed by atoms with Crippen LogP contribution in [0.5, 0.6) is 11.5 Å². The van der Waals surface area contributed by atoms with Crippen molar-refractivity contribution in [3.63, 3.8) is 0 Å². The van der Waals surface area contributed by atoms with Crippen molar-refractivity contribution < 1.29 is 22.6 Å². The minimum atomic E-state index is -4.08. The van der Waals surface area contributed by atoms with Gasteiger partial charge >= 0.3 is 6.18 Å². The summed E-state index contributed by atoms with van der Waals surface area (Å²) in [4.78, 5) is 0. The molecule has 1 atom stereocenters. The molecule has 2 aliphatic rings. The molecule has 3 rings (SSSR count). The lowest BCUT2D eigenvalue weighted by Gasteiger charge is -2.29. The molecule has 0 aromatic heterocycles. The van der Waals surface area contributed by atoms with Gasteiger partial charge in [-0.3, -0.25) is 0 Å². The average molecular weight is 301 g/mol. The van der Waals surface area contributed by atoms with E-state index in [1.807, 2.05) is 12.1 Å². The summed E-state index contributed by atoms with van der Waals surface area (Å²) in [5.41, 5.74) is 2.20. The van der Waals surface area contributed by atoms with Gasteiger partial charge in [0, 0.05) is 12.5 Å². The van der Waals surface area contributed by atoms with E-state index in [0.29, 0.717) is 25.4 Å². The van der Waals surface area contributed by atoms with Crippen LogP contribution in [0.1, 0.15) is 36.4 Å². The van der Waals surface area contributed by atoms with Gasteiger partial charge < -0.3 is 14.8 Å². The molecule has 0 fully saturated rings. The van der Waals surface area contributed by atoms with Crippen molar-refractivity contribution in [1.29, 1.82) is 0 Å². The fourth-order valence-corrected chi connectivity index (χ4v) is 2.94. The van der Waals surface area contributed by atoms with Gasteiger partial charge in [0.15, 0.2) is 11.5 Å². The van der Waals surface area contributed by atoms with Crippen LogP contribution in [-0.4, -0.2) is 25.9 Å². The third-order valence-corrected chi connectivity index (χ3v) is 3.92. The minimum Gasteiger partial charge on any atom is -0.486 e. The molecule has 2 heterocycles. The maximum atomic E-state index is 12.3. The quantitative estimate of drug-likeness (QED) is 0.928. The Morgan fingerprint density at radius 3 is 2.57 bits per heavy atom. The van der Waals surface area contributed by atoms with Gasteiger partial charge in [-0.1, -0.05) is 0 Å². The fourth-order valence-electron chi connectivity index (χ4n) is 2.94. The first-order valence-electron chi connectivity index (χ1n) is 7.25. The van der Waals surface area contributed by atoms with Gasteiger partial charge in [-0.05, 0) is 49.1 Å². The third kappa shape index (κ3) is 3.43. The monoisotopic (exact) mass is 301 g/mol. The zero-order chi connectivity index (χ0) is 14.9. The lowest BCUT2D eigenvalue weighted by atomic mass is 9.90. The molecular weight excluding hydrogens is 283 g/mol. The predicted octanol–water partition coefficient (Wildman–Crippen LogP) is 3.38. The van der Waals surface area contributed by atoms with Gasteiger partial charge in [0.1, 0.15) is 13.2 Å². The molecule has 0 saturated carbocycles. The molecule has 0 radical (unpaired) electrons. The molecule has 1 aromatic rings. The average Bonchev–Trinajstić information content (AvgIpc) is 2.44. The molecule has 0 saturated heterocycles. The minimum absolute atomic E-state index is 0.0353. The molecule has 0 amide bonds. The number of benzene rings is 1. The van der Waals surface area contributed by atoms with E-state index in [0.717, 1.165) is 29.8 Å². The zero-order valence-corrected chi connectivity index (χ0v) is 11.6. The lowest BCUT2D eigenvalue weighted by Crippen LogP contribution is -2.30. The first kappa shape index (κ1) is 14.5. The zero-order valence-electron chi connectivity index (χ0n) is 11.6. The van der Waals surface area contributed by atoms with E-state index in [-0.39, 0.29) is 12.5 Å². The molecule has 0 spiro atoms. The van der Waals surface area contributed by atoms with Gasteiger partial charge in [0.05, 0.1) is 0 Å². The van der Waals surface area contributed by atoms with Crippen molar-refractivity contribution in [2.45, 2.75) is 37.9 Å². The topological polar surface area (TPSA) is 30.5 Å². The SMILES string of the molecule is FC(F)(F)CCCC1NCCc2cc3c(cc21)OCCO3. The van der Waals surface area contributed by atoms with Crippen LogP contribution < -0.4 is 14.8 Å². The van der Waals surface area contributed by atoms with Crippen LogP contribution in [0.2, 0.25) is 0 Å². The van der Waals surface area contributed by atoms with Crippen molar-refractivity contribution in [1.82, 2.24) is 5.32 Å². The summed E-state index contributed by atoms with van der Waals surface area (Å²) in [5, 5.41) is 3.30. The van der Waals surface area contributed by atoms with Crippen LogP contribution in [0, 0.1) is 0 Å². The standard InChI is InChI=1S/C15H18F3NO2/c16-15(17,18)4-1-2-12-11-9-14-13(20-6-7-21-14)8-10(11)3-5-19-12/h8-9,12,19H,1-7H2. The summed E-state index contributed by atoms with van der Waals surface area (Å²) in [7, 11) is 0. The van der Waals surface area contributed by atoms with Crippen LogP contribution in [0.25, 0.3) is 0 Å². The van der Waals surface area contributed by atoms with E-state index in [1.165, 1.54) is 0 Å². The van der Waals surface area contributed by atoms with Crippen LogP contribution >= 0.6 is 0 Å². The number of alkyl halides is 3. The number of fused-ring (bicyclic) bond motifs is 2. The highest BCUT2D eigenvalue weighted by atomic mass is 19.4. The van der Waals surface area contributed by atoms with Crippen molar-refractivity contribution in [2.75, 3.05) is 19.8 Å². The molecule has 0 bridgehead atoms. The predicted molar refractivity (Wildman–Crippen MR) is 71.8 cm³/mol. The van der Waals surface area contributed by atoms with Crippen molar-refractivity contribution in [3.05, 3.63) is 23.3 Å². The van der Waals surface area contributed by atoms with Crippen molar-refractivity contribution in [2.24, 2.45) is 0 Å². The van der Waals surface area contributed by atoms with Crippen LogP contribution in [0.4, 0.5) is 13.2 Å². The van der Waals surface area contributed by atoms with Gasteiger partial charge in [-0.25, -0.2) is 0 Å². The molecule has 0 aliphatic carbocycles. The largest absolute Gasteiger partial charge is 0.486 e. The molecular formula is C15H18F3NO2. The number of rotatable bonds is 3. The Balaban J connectivity index is 1.74. The highest BCUT2D eigenvalue weighted by Crippen LogP contribution is 2.38. The van der Waals surface area contributed by atoms with E-state index >= 15 is 0 Å². The normalized spacial score (nSPS) is 21.0. The highest BCUT2D eigenvalue weighted by molar-refractivity contribution is 5.50. The Labute approximate surface area is 121 Å².